The molecule has 0 aromatic rings. The third-order valence-electron chi connectivity index (χ3n) is 3.17. The van der Waals surface area contributed by atoms with Gasteiger partial charge in [-0.25, -0.2) is 0 Å². The van der Waals surface area contributed by atoms with Gasteiger partial charge in [-0.2, -0.15) is 0 Å². The minimum Gasteiger partial charge on any atom is -0.336 e. The second-order valence-corrected chi connectivity index (χ2v) is 4.46. The van der Waals surface area contributed by atoms with Crippen LogP contribution in [0.1, 0.15) is 12.8 Å². The van der Waals surface area contributed by atoms with Crippen molar-refractivity contribution in [1.29, 1.82) is 0 Å². The molecule has 1 aliphatic carbocycles. The summed E-state index contributed by atoms with van der Waals surface area (Å²) in [6, 6.07) is 0.238. The van der Waals surface area contributed by atoms with Crippen LogP contribution in [0.4, 0.5) is 0 Å². The fourth-order valence-electron chi connectivity index (χ4n) is 2.07. The Balaban J connectivity index is 1.97. The van der Waals surface area contributed by atoms with Gasteiger partial charge in [0, 0.05) is 32.1 Å². The Morgan fingerprint density at radius 2 is 2.14 bits per heavy atom. The quantitative estimate of drug-likeness (QED) is 0.649. The lowest BCUT2D eigenvalue weighted by Gasteiger charge is -2.39. The van der Waals surface area contributed by atoms with Crippen molar-refractivity contribution in [3.63, 3.8) is 0 Å². The monoisotopic (exact) mass is 197 g/mol. The molecule has 0 radical (unpaired) electrons. The van der Waals surface area contributed by atoms with Gasteiger partial charge in [0.25, 0.3) is 0 Å². The number of amides is 1. The first-order valence-electron chi connectivity index (χ1n) is 5.41. The fourth-order valence-corrected chi connectivity index (χ4v) is 2.07. The molecule has 0 aromatic heterocycles. The minimum atomic E-state index is 0.238. The lowest BCUT2D eigenvalue weighted by molar-refractivity contribution is -0.137. The largest absolute Gasteiger partial charge is 0.336 e. The second-order valence-electron chi connectivity index (χ2n) is 4.46. The lowest BCUT2D eigenvalue weighted by atomic mass is 10.1. The number of nitrogens with zero attached hydrogens (tertiary/aromatic N) is 2. The van der Waals surface area contributed by atoms with E-state index < -0.39 is 0 Å². The molecule has 1 saturated heterocycles. The van der Waals surface area contributed by atoms with Crippen LogP contribution in [0.25, 0.3) is 0 Å². The Kier molecular flexibility index (Phi) is 2.74. The van der Waals surface area contributed by atoms with Crippen molar-refractivity contribution < 1.29 is 4.79 Å². The van der Waals surface area contributed by atoms with Crippen molar-refractivity contribution in [3.05, 3.63) is 0 Å². The first-order chi connectivity index (χ1) is 6.72. The maximum absolute atomic E-state index is 11.9. The summed E-state index contributed by atoms with van der Waals surface area (Å²) in [6.07, 6.45) is 2.17. The van der Waals surface area contributed by atoms with Crippen molar-refractivity contribution >= 4 is 5.91 Å². The molecule has 4 nitrogen and oxygen atoms in total. The highest BCUT2D eigenvalue weighted by Gasteiger charge is 2.37. The van der Waals surface area contributed by atoms with Gasteiger partial charge in [0.05, 0.1) is 6.04 Å². The van der Waals surface area contributed by atoms with E-state index in [-0.39, 0.29) is 6.04 Å². The molecule has 1 atom stereocenters. The predicted molar refractivity (Wildman–Crippen MR) is 54.8 cm³/mol. The minimum absolute atomic E-state index is 0.238. The fraction of sp³-hybridized carbons (Fsp3) is 0.900. The molecular weight excluding hydrogens is 178 g/mol. The molecule has 80 valence electrons. The molecule has 1 unspecified atom stereocenters. The van der Waals surface area contributed by atoms with Crippen molar-refractivity contribution in [2.24, 2.45) is 11.7 Å². The van der Waals surface area contributed by atoms with Crippen LogP contribution in [0.5, 0.6) is 0 Å². The van der Waals surface area contributed by atoms with Gasteiger partial charge in [0.2, 0.25) is 5.91 Å². The van der Waals surface area contributed by atoms with Crippen molar-refractivity contribution in [2.75, 3.05) is 33.2 Å². The van der Waals surface area contributed by atoms with Gasteiger partial charge in [-0.1, -0.05) is 0 Å². The number of carbonyl (C=O) groups excluding carboxylic acids is 1. The third kappa shape index (κ3) is 1.91. The van der Waals surface area contributed by atoms with E-state index in [9.17, 15) is 4.79 Å². The molecule has 0 aromatic carbocycles. The normalized spacial score (nSPS) is 29.3. The standard InChI is InChI=1S/C10H19N3O/c1-12-4-5-13(9(6-11)7-12)10(14)8-2-3-8/h8-9H,2-7,11H2,1H3. The van der Waals surface area contributed by atoms with E-state index in [1.165, 1.54) is 0 Å². The maximum Gasteiger partial charge on any atom is 0.226 e. The zero-order valence-corrected chi connectivity index (χ0v) is 8.78. The zero-order valence-electron chi connectivity index (χ0n) is 8.78. The second kappa shape index (κ2) is 3.87. The van der Waals surface area contributed by atoms with Crippen LogP contribution in [0.15, 0.2) is 0 Å². The van der Waals surface area contributed by atoms with Gasteiger partial charge in [-0.15, -0.1) is 0 Å². The Labute approximate surface area is 85.0 Å². The molecule has 1 aliphatic heterocycles. The molecule has 0 bridgehead atoms. The molecular formula is C10H19N3O. The number of hydrogen-bond donors (Lipinski definition) is 1. The average molecular weight is 197 g/mol. The summed E-state index contributed by atoms with van der Waals surface area (Å²) in [5.74, 6) is 0.668. The Bertz CT molecular complexity index is 227. The summed E-state index contributed by atoms with van der Waals surface area (Å²) >= 11 is 0. The number of nitrogens with two attached hydrogens (primary N) is 1. The molecule has 2 fully saturated rings. The van der Waals surface area contributed by atoms with Gasteiger partial charge >= 0.3 is 0 Å². The molecule has 14 heavy (non-hydrogen) atoms. The van der Waals surface area contributed by atoms with Gasteiger partial charge in [0.1, 0.15) is 0 Å². The summed E-state index contributed by atoms with van der Waals surface area (Å²) in [5, 5.41) is 0. The first kappa shape index (κ1) is 9.93. The van der Waals surface area contributed by atoms with Gasteiger partial charge in [-0.3, -0.25) is 4.79 Å². The number of rotatable bonds is 2. The summed E-state index contributed by atoms with van der Waals surface area (Å²) in [5.41, 5.74) is 5.69. The van der Waals surface area contributed by atoms with E-state index in [0.29, 0.717) is 18.4 Å². The first-order valence-corrected chi connectivity index (χ1v) is 5.41. The summed E-state index contributed by atoms with van der Waals surface area (Å²) in [7, 11) is 2.08. The van der Waals surface area contributed by atoms with Gasteiger partial charge in [0.15, 0.2) is 0 Å². The van der Waals surface area contributed by atoms with E-state index in [1.807, 2.05) is 4.90 Å². The number of piperazine rings is 1. The summed E-state index contributed by atoms with van der Waals surface area (Å²) < 4.78 is 0. The van der Waals surface area contributed by atoms with Crippen molar-refractivity contribution in [2.45, 2.75) is 18.9 Å². The van der Waals surface area contributed by atoms with Crippen LogP contribution in [0.3, 0.4) is 0 Å². The topological polar surface area (TPSA) is 49.6 Å². The van der Waals surface area contributed by atoms with E-state index in [2.05, 4.69) is 11.9 Å². The molecule has 4 heteroatoms. The predicted octanol–water partition coefficient (Wildman–Crippen LogP) is -0.502. The lowest BCUT2D eigenvalue weighted by Crippen LogP contribution is -2.57. The smallest absolute Gasteiger partial charge is 0.226 e. The van der Waals surface area contributed by atoms with Crippen LogP contribution in [-0.2, 0) is 4.79 Å². The molecule has 1 saturated carbocycles. The van der Waals surface area contributed by atoms with Crippen molar-refractivity contribution in [3.8, 4) is 0 Å². The summed E-state index contributed by atoms with van der Waals surface area (Å²) in [4.78, 5) is 16.1. The SMILES string of the molecule is CN1CCN(C(=O)C2CC2)C(CN)C1. The highest BCUT2D eigenvalue weighted by Crippen LogP contribution is 2.32. The molecule has 1 heterocycles. The van der Waals surface area contributed by atoms with Crippen LogP contribution in [0.2, 0.25) is 0 Å². The zero-order chi connectivity index (χ0) is 10.1. The Morgan fingerprint density at radius 3 is 2.71 bits per heavy atom. The maximum atomic E-state index is 11.9. The number of hydrogen-bond acceptors (Lipinski definition) is 3. The Hall–Kier alpha value is -0.610. The molecule has 0 spiro atoms. The average Bonchev–Trinajstić information content (AvgIpc) is 3.00. The van der Waals surface area contributed by atoms with Crippen LogP contribution >= 0.6 is 0 Å². The summed E-state index contributed by atoms with van der Waals surface area (Å²) in [6.45, 7) is 3.35. The van der Waals surface area contributed by atoms with Crippen molar-refractivity contribution in [1.82, 2.24) is 9.80 Å². The van der Waals surface area contributed by atoms with E-state index in [1.54, 1.807) is 0 Å². The van der Waals surface area contributed by atoms with Crippen LogP contribution < -0.4 is 5.73 Å². The van der Waals surface area contributed by atoms with Gasteiger partial charge < -0.3 is 15.5 Å². The van der Waals surface area contributed by atoms with Crippen LogP contribution in [-0.4, -0.2) is 55.0 Å². The number of carbonyl (C=O) groups is 1. The molecule has 2 aliphatic rings. The van der Waals surface area contributed by atoms with E-state index >= 15 is 0 Å². The molecule has 2 rings (SSSR count). The van der Waals surface area contributed by atoms with E-state index in [0.717, 1.165) is 32.5 Å². The Morgan fingerprint density at radius 1 is 1.43 bits per heavy atom. The number of likely N-dealkylation sites (N-methyl/N-ethyl adjacent to an activating group) is 1. The van der Waals surface area contributed by atoms with E-state index in [4.69, 9.17) is 5.73 Å². The highest BCUT2D eigenvalue weighted by molar-refractivity contribution is 5.81. The third-order valence-corrected chi connectivity index (χ3v) is 3.17. The molecule has 2 N–H and O–H groups in total. The highest BCUT2D eigenvalue weighted by atomic mass is 16.2. The molecule has 1 amide bonds. The van der Waals surface area contributed by atoms with Gasteiger partial charge in [-0.05, 0) is 19.9 Å². The van der Waals surface area contributed by atoms with Crippen LogP contribution in [0, 0.1) is 5.92 Å².